The van der Waals surface area contributed by atoms with Gasteiger partial charge in [0.1, 0.15) is 0 Å². The van der Waals surface area contributed by atoms with Crippen LogP contribution in [0.15, 0.2) is 72.9 Å². The van der Waals surface area contributed by atoms with Crippen LogP contribution in [-0.2, 0) is 9.57 Å². The Kier molecular flexibility index (Phi) is 6.65. The van der Waals surface area contributed by atoms with Crippen molar-refractivity contribution in [1.29, 1.82) is 0 Å². The third-order valence-corrected chi connectivity index (χ3v) is 4.93. The number of hydrogen-bond donors (Lipinski definition) is 1. The first-order valence-electron chi connectivity index (χ1n) is 10.2. The molecule has 1 saturated heterocycles. The van der Waals surface area contributed by atoms with Gasteiger partial charge in [-0.2, -0.15) is 0 Å². The number of carbonyl (C=O) groups excluding carboxylic acids is 1. The molecule has 2 heterocycles. The third-order valence-electron chi connectivity index (χ3n) is 4.93. The van der Waals surface area contributed by atoms with Crippen LogP contribution in [0.5, 0.6) is 0 Å². The van der Waals surface area contributed by atoms with E-state index in [9.17, 15) is 4.79 Å². The molecule has 1 unspecified atom stereocenters. The maximum atomic E-state index is 12.3. The van der Waals surface area contributed by atoms with E-state index in [1.54, 1.807) is 18.3 Å². The Hall–Kier alpha value is -3.28. The summed E-state index contributed by atoms with van der Waals surface area (Å²) in [5.74, 6) is -0.312. The number of nitrogens with zero attached hydrogens (tertiary/aromatic N) is 1. The van der Waals surface area contributed by atoms with Gasteiger partial charge in [-0.25, -0.2) is 10.3 Å². The molecule has 0 radical (unpaired) electrons. The second kappa shape index (κ2) is 9.96. The van der Waals surface area contributed by atoms with Gasteiger partial charge in [0.05, 0.1) is 5.69 Å². The van der Waals surface area contributed by atoms with Crippen molar-refractivity contribution in [2.75, 3.05) is 6.61 Å². The number of pyridine rings is 1. The molecule has 4 rings (SSSR count). The highest BCUT2D eigenvalue weighted by molar-refractivity contribution is 5.94. The van der Waals surface area contributed by atoms with Gasteiger partial charge >= 0.3 is 0 Å². The molecule has 5 nitrogen and oxygen atoms in total. The van der Waals surface area contributed by atoms with E-state index in [1.165, 1.54) is 11.1 Å². The van der Waals surface area contributed by atoms with E-state index in [-0.39, 0.29) is 12.2 Å². The minimum Gasteiger partial charge on any atom is -0.350 e. The number of carbonyl (C=O) groups is 1. The number of hydrogen-bond acceptors (Lipinski definition) is 4. The zero-order valence-electron chi connectivity index (χ0n) is 16.7. The summed E-state index contributed by atoms with van der Waals surface area (Å²) in [6, 6.07) is 22.0. The third kappa shape index (κ3) is 5.41. The summed E-state index contributed by atoms with van der Waals surface area (Å²) in [5.41, 5.74) is 7.08. The molecule has 5 heteroatoms. The van der Waals surface area contributed by atoms with Gasteiger partial charge in [0.25, 0.3) is 5.91 Å². The molecule has 1 fully saturated rings. The predicted molar refractivity (Wildman–Crippen MR) is 117 cm³/mol. The Bertz CT molecular complexity index is 994. The van der Waals surface area contributed by atoms with E-state index >= 15 is 0 Å². The van der Waals surface area contributed by atoms with Crippen LogP contribution in [0.4, 0.5) is 0 Å². The van der Waals surface area contributed by atoms with Crippen LogP contribution in [0, 0.1) is 0 Å². The highest BCUT2D eigenvalue weighted by Gasteiger charge is 2.16. The molecule has 0 aliphatic carbocycles. The number of nitrogens with one attached hydrogen (secondary N) is 1. The van der Waals surface area contributed by atoms with Crippen molar-refractivity contribution in [3.8, 4) is 11.1 Å². The molecule has 2 aromatic carbocycles. The minimum absolute atomic E-state index is 0.312. The average molecular weight is 400 g/mol. The van der Waals surface area contributed by atoms with Gasteiger partial charge in [0.15, 0.2) is 6.29 Å². The molecular weight excluding hydrogens is 376 g/mol. The van der Waals surface area contributed by atoms with E-state index in [4.69, 9.17) is 9.57 Å². The fraction of sp³-hybridized carbons (Fsp3) is 0.200. The number of rotatable bonds is 6. The number of aromatic nitrogens is 1. The smallest absolute Gasteiger partial charge is 0.275 e. The van der Waals surface area contributed by atoms with Crippen LogP contribution in [0.1, 0.15) is 40.9 Å². The van der Waals surface area contributed by atoms with E-state index in [2.05, 4.69) is 46.9 Å². The number of ether oxygens (including phenoxy) is 1. The molecule has 1 aliphatic heterocycles. The van der Waals surface area contributed by atoms with Gasteiger partial charge in [-0.1, -0.05) is 60.7 Å². The quantitative estimate of drug-likeness (QED) is 0.584. The van der Waals surface area contributed by atoms with Gasteiger partial charge in [-0.3, -0.25) is 9.78 Å². The highest BCUT2D eigenvalue weighted by atomic mass is 16.8. The summed E-state index contributed by atoms with van der Waals surface area (Å²) in [5, 5.41) is 0. The monoisotopic (exact) mass is 400 g/mol. The van der Waals surface area contributed by atoms with Crippen LogP contribution < -0.4 is 5.48 Å². The van der Waals surface area contributed by atoms with Crippen molar-refractivity contribution in [2.24, 2.45) is 0 Å². The summed E-state index contributed by atoms with van der Waals surface area (Å²) >= 11 is 0. The first-order chi connectivity index (χ1) is 14.8. The Morgan fingerprint density at radius 1 is 1.00 bits per heavy atom. The average Bonchev–Trinajstić information content (AvgIpc) is 2.83. The Morgan fingerprint density at radius 3 is 2.57 bits per heavy atom. The molecule has 1 N–H and O–H groups in total. The number of amides is 1. The predicted octanol–water partition coefficient (Wildman–Crippen LogP) is 5.11. The molecule has 1 aliphatic rings. The maximum absolute atomic E-state index is 12.3. The van der Waals surface area contributed by atoms with Gasteiger partial charge in [-0.05, 0) is 47.7 Å². The number of benzene rings is 2. The van der Waals surface area contributed by atoms with Gasteiger partial charge in [0.2, 0.25) is 0 Å². The maximum Gasteiger partial charge on any atom is 0.275 e. The van der Waals surface area contributed by atoms with Gasteiger partial charge < -0.3 is 4.74 Å². The summed E-state index contributed by atoms with van der Waals surface area (Å²) in [6.45, 7) is 0.664. The van der Waals surface area contributed by atoms with Gasteiger partial charge in [0, 0.05) is 24.8 Å². The van der Waals surface area contributed by atoms with E-state index in [0.29, 0.717) is 17.9 Å². The van der Waals surface area contributed by atoms with Crippen molar-refractivity contribution in [3.05, 3.63) is 89.7 Å². The van der Waals surface area contributed by atoms with E-state index < -0.39 is 0 Å². The lowest BCUT2D eigenvalue weighted by Crippen LogP contribution is -2.33. The summed E-state index contributed by atoms with van der Waals surface area (Å²) in [6.07, 6.45) is 7.96. The van der Waals surface area contributed by atoms with Crippen molar-refractivity contribution in [3.63, 3.8) is 0 Å². The highest BCUT2D eigenvalue weighted by Crippen LogP contribution is 2.20. The molecule has 0 bridgehead atoms. The lowest BCUT2D eigenvalue weighted by atomic mass is 10.0. The van der Waals surface area contributed by atoms with Crippen LogP contribution in [0.25, 0.3) is 23.3 Å². The molecule has 0 spiro atoms. The summed E-state index contributed by atoms with van der Waals surface area (Å²) in [7, 11) is 0. The fourth-order valence-electron chi connectivity index (χ4n) is 3.26. The van der Waals surface area contributed by atoms with E-state index in [0.717, 1.165) is 24.8 Å². The Labute approximate surface area is 176 Å². The second-order valence-electron chi connectivity index (χ2n) is 7.14. The second-order valence-corrected chi connectivity index (χ2v) is 7.14. The number of hydroxylamine groups is 1. The Balaban J connectivity index is 1.37. The topological polar surface area (TPSA) is 60.5 Å². The van der Waals surface area contributed by atoms with Crippen molar-refractivity contribution >= 4 is 18.1 Å². The molecule has 1 aromatic heterocycles. The molecule has 30 heavy (non-hydrogen) atoms. The van der Waals surface area contributed by atoms with E-state index in [1.807, 2.05) is 30.4 Å². The minimum atomic E-state index is -0.372. The fourth-order valence-corrected chi connectivity index (χ4v) is 3.26. The zero-order chi connectivity index (χ0) is 20.6. The van der Waals surface area contributed by atoms with Crippen LogP contribution in [0.2, 0.25) is 0 Å². The van der Waals surface area contributed by atoms with Crippen LogP contribution in [-0.4, -0.2) is 23.8 Å². The normalized spacial score (nSPS) is 16.5. The van der Waals surface area contributed by atoms with Crippen molar-refractivity contribution in [1.82, 2.24) is 10.5 Å². The molecular formula is C25H24N2O3. The van der Waals surface area contributed by atoms with Crippen LogP contribution >= 0.6 is 0 Å². The lowest BCUT2D eigenvalue weighted by Gasteiger charge is -2.22. The van der Waals surface area contributed by atoms with Gasteiger partial charge in [-0.15, -0.1) is 0 Å². The molecule has 152 valence electrons. The van der Waals surface area contributed by atoms with Crippen molar-refractivity contribution in [2.45, 2.75) is 25.6 Å². The SMILES string of the molecule is O=C(NOC1CCCCO1)c1ccnc(/C=C/c2ccc(-c3ccccc3)cc2)c1. The molecule has 3 aromatic rings. The molecule has 1 atom stereocenters. The summed E-state index contributed by atoms with van der Waals surface area (Å²) in [4.78, 5) is 22.0. The first kappa shape index (κ1) is 20.0. The summed E-state index contributed by atoms with van der Waals surface area (Å²) < 4.78 is 5.45. The zero-order valence-corrected chi connectivity index (χ0v) is 16.7. The largest absolute Gasteiger partial charge is 0.350 e. The molecule has 1 amide bonds. The Morgan fingerprint density at radius 2 is 1.80 bits per heavy atom. The lowest BCUT2D eigenvalue weighted by molar-refractivity contribution is -0.186. The standard InChI is InChI=1S/C25H24N2O3/c28-25(27-30-24-8-4-5-17-29-24)22-15-16-26-23(18-22)14-11-19-9-12-21(13-10-19)20-6-2-1-3-7-20/h1-3,6-7,9-16,18,24H,4-5,8,17H2,(H,27,28)/b14-11+. The van der Waals surface area contributed by atoms with Crippen molar-refractivity contribution < 1.29 is 14.4 Å². The molecule has 0 saturated carbocycles. The van der Waals surface area contributed by atoms with Crippen LogP contribution in [0.3, 0.4) is 0 Å². The first-order valence-corrected chi connectivity index (χ1v) is 10.2.